The summed E-state index contributed by atoms with van der Waals surface area (Å²) >= 11 is 0. The van der Waals surface area contributed by atoms with Crippen LogP contribution in [0.25, 0.3) is 0 Å². The van der Waals surface area contributed by atoms with Crippen LogP contribution in [0.2, 0.25) is 0 Å². The van der Waals surface area contributed by atoms with Gasteiger partial charge in [-0.15, -0.1) is 0 Å². The highest BCUT2D eigenvalue weighted by Crippen LogP contribution is 2.47. The first-order valence-corrected chi connectivity index (χ1v) is 22.4. The molecule has 0 spiro atoms. The van der Waals surface area contributed by atoms with Crippen molar-refractivity contribution in [2.45, 2.75) is 173 Å². The number of rotatable bonds is 9. The first kappa shape index (κ1) is 50.2. The zero-order valence-electron chi connectivity index (χ0n) is 39.3. The lowest BCUT2D eigenvalue weighted by atomic mass is 9.69. The lowest BCUT2D eigenvalue weighted by Gasteiger charge is -2.50. The Morgan fingerprint density at radius 3 is 2.32 bits per heavy atom. The van der Waals surface area contributed by atoms with E-state index in [0.717, 1.165) is 5.57 Å². The van der Waals surface area contributed by atoms with Crippen molar-refractivity contribution in [1.82, 2.24) is 9.88 Å². The average molecular weight is 871 g/mol. The molecule has 4 aliphatic heterocycles. The summed E-state index contributed by atoms with van der Waals surface area (Å²) in [5, 5.41) is 23.0. The maximum Gasteiger partial charge on any atom is 0.311 e. The summed E-state index contributed by atoms with van der Waals surface area (Å²) in [6.07, 6.45) is -4.79. The molecule has 2 unspecified atom stereocenters. The largest absolute Gasteiger partial charge is 0.459 e. The molecule has 0 amide bonds. The number of cyclic esters (lactones) is 1. The molecule has 4 saturated heterocycles. The van der Waals surface area contributed by atoms with E-state index in [1.165, 1.54) is 7.11 Å². The number of ether oxygens (including phenoxy) is 8. The molecule has 4 fully saturated rings. The summed E-state index contributed by atoms with van der Waals surface area (Å²) in [5.41, 5.74) is -2.07. The lowest BCUT2D eigenvalue weighted by molar-refractivity contribution is -0.320. The van der Waals surface area contributed by atoms with Crippen molar-refractivity contribution in [3.8, 4) is 11.8 Å². The average Bonchev–Trinajstić information content (AvgIpc) is 3.54. The van der Waals surface area contributed by atoms with E-state index < -0.39 is 102 Å². The number of esters is 1. The molecule has 1 aromatic rings. The molecule has 18 atom stereocenters. The Bertz CT molecular complexity index is 1750. The number of hydrogen-bond acceptors (Lipinski definition) is 14. The normalized spacial score (nSPS) is 43.6. The number of carbonyl (C=O) groups excluding carboxylic acids is 2. The highest BCUT2D eigenvalue weighted by molar-refractivity contribution is 5.84. The number of carbonyl (C=O) groups is 2. The monoisotopic (exact) mass is 871 g/mol. The molecule has 1 aromatic heterocycles. The number of methoxy groups -OCH3 is 1. The van der Waals surface area contributed by atoms with Gasteiger partial charge in [0.15, 0.2) is 12.6 Å². The predicted molar refractivity (Wildman–Crippen MR) is 231 cm³/mol. The number of fused-ring (bicyclic) bond motifs is 1. The van der Waals surface area contributed by atoms with E-state index in [4.69, 9.17) is 37.9 Å². The molecule has 14 heteroatoms. The van der Waals surface area contributed by atoms with Crippen LogP contribution in [0.3, 0.4) is 0 Å². The van der Waals surface area contributed by atoms with E-state index in [0.29, 0.717) is 18.5 Å². The van der Waals surface area contributed by atoms with Gasteiger partial charge in [0, 0.05) is 49.4 Å². The molecule has 4 aliphatic rings. The lowest BCUT2D eigenvalue weighted by Crippen LogP contribution is -2.61. The number of aromatic nitrogens is 1. The first-order valence-electron chi connectivity index (χ1n) is 22.4. The van der Waals surface area contributed by atoms with E-state index in [2.05, 4.69) is 23.4 Å². The van der Waals surface area contributed by atoms with Crippen LogP contribution in [0.1, 0.15) is 101 Å². The van der Waals surface area contributed by atoms with E-state index in [1.807, 2.05) is 79.6 Å². The molecule has 0 saturated carbocycles. The maximum absolute atomic E-state index is 14.8. The number of hydrogen-bond donors (Lipinski definition) is 2. The summed E-state index contributed by atoms with van der Waals surface area (Å²) in [5.74, 6) is 2.33. The van der Waals surface area contributed by atoms with Gasteiger partial charge in [0.05, 0.1) is 48.1 Å². The van der Waals surface area contributed by atoms with Crippen molar-refractivity contribution in [3.63, 3.8) is 0 Å². The molecule has 0 aromatic carbocycles. The fourth-order valence-corrected chi connectivity index (χ4v) is 10.6. The molecule has 348 valence electrons. The van der Waals surface area contributed by atoms with Crippen molar-refractivity contribution in [2.75, 3.05) is 34.4 Å². The fraction of sp³-hybridized carbons (Fsp3) is 0.771. The van der Waals surface area contributed by atoms with Gasteiger partial charge in [0.1, 0.15) is 42.0 Å². The smallest absolute Gasteiger partial charge is 0.311 e. The SMILES string of the molecule is C=C1CO[C@]2(C)[C@@H](CC)OC(=O)[C@H](C)[C@@H](OC3C[C@@](C)(OC)[C@@H](O)[C@H](C)O3)[C@H](C)[C@@H](O[C@@H]3O[C@H](C)C[C@H](N(C)C)[C@H]3O)[C@](C)(OCC#Cc3ccccn3)C[C@@H](C)C(=O)C(C)[C@H]12. The van der Waals surface area contributed by atoms with Gasteiger partial charge < -0.3 is 53.0 Å². The summed E-state index contributed by atoms with van der Waals surface area (Å²) < 4.78 is 52.4. The van der Waals surface area contributed by atoms with Crippen LogP contribution in [0.4, 0.5) is 0 Å². The van der Waals surface area contributed by atoms with Gasteiger partial charge in [-0.1, -0.05) is 46.3 Å². The van der Waals surface area contributed by atoms with Crippen LogP contribution in [0, 0.1) is 41.4 Å². The topological polar surface area (TPSA) is 165 Å². The molecule has 14 nitrogen and oxygen atoms in total. The standard InChI is InChI=1S/C48H74N2O12/c1-15-36-48(11)38(28(3)26-57-48)30(5)39(51)27(2)24-47(10,56-22-18-20-34-19-16-17-21-49-34)43(62-45-40(52)35(50(12)13)23-29(4)58-45)31(6)41(32(7)44(54)60-36)61-37-25-46(9,55-14)42(53)33(8)59-37/h16-17,19,21,27,29-33,35-38,40-43,45,52-53H,3,15,22-26H2,1-2,4-14H3/t27-,29-,30?,31+,32-,33+,35+,36-,37?,38+,40-,41+,42+,43-,45+,46-,47-,48-/m1/s1. The second kappa shape index (κ2) is 20.6. The van der Waals surface area contributed by atoms with Gasteiger partial charge in [-0.2, -0.15) is 0 Å². The van der Waals surface area contributed by atoms with Gasteiger partial charge in [0.2, 0.25) is 0 Å². The molecule has 2 N–H and O–H groups in total. The summed E-state index contributed by atoms with van der Waals surface area (Å²) in [6, 6.07) is 5.17. The quantitative estimate of drug-likeness (QED) is 0.191. The Hall–Kier alpha value is -2.81. The van der Waals surface area contributed by atoms with Crippen LogP contribution in [-0.4, -0.2) is 144 Å². The van der Waals surface area contributed by atoms with Gasteiger partial charge in [0.25, 0.3) is 0 Å². The Morgan fingerprint density at radius 1 is 0.984 bits per heavy atom. The Labute approximate surface area is 369 Å². The highest BCUT2D eigenvalue weighted by atomic mass is 16.7. The van der Waals surface area contributed by atoms with Gasteiger partial charge >= 0.3 is 5.97 Å². The van der Waals surface area contributed by atoms with Gasteiger partial charge in [-0.25, -0.2) is 4.98 Å². The van der Waals surface area contributed by atoms with Crippen LogP contribution >= 0.6 is 0 Å². The van der Waals surface area contributed by atoms with Gasteiger partial charge in [-0.3, -0.25) is 9.59 Å². The predicted octanol–water partition coefficient (Wildman–Crippen LogP) is 5.11. The van der Waals surface area contributed by atoms with E-state index >= 15 is 0 Å². The minimum absolute atomic E-state index is 0.0367. The zero-order valence-corrected chi connectivity index (χ0v) is 39.3. The van der Waals surface area contributed by atoms with Crippen molar-refractivity contribution >= 4 is 11.8 Å². The van der Waals surface area contributed by atoms with Crippen molar-refractivity contribution in [1.29, 1.82) is 0 Å². The number of aliphatic hydroxyl groups excluding tert-OH is 2. The molecule has 62 heavy (non-hydrogen) atoms. The summed E-state index contributed by atoms with van der Waals surface area (Å²) in [4.78, 5) is 35.9. The number of ketones is 1. The number of Topliss-reactive ketones (excluding diaryl/α,β-unsaturated/α-hetero) is 1. The maximum atomic E-state index is 14.8. The molecule has 0 radical (unpaired) electrons. The van der Waals surface area contributed by atoms with Crippen molar-refractivity contribution in [2.24, 2.45) is 29.6 Å². The third kappa shape index (κ3) is 10.7. The summed E-state index contributed by atoms with van der Waals surface area (Å²) in [6.45, 7) is 23.1. The highest BCUT2D eigenvalue weighted by Gasteiger charge is 2.57. The third-order valence-electron chi connectivity index (χ3n) is 14.2. The van der Waals surface area contributed by atoms with E-state index in [9.17, 15) is 19.8 Å². The van der Waals surface area contributed by atoms with Gasteiger partial charge in [-0.05, 0) is 98.5 Å². The fourth-order valence-electron chi connectivity index (χ4n) is 10.6. The molecule has 5 rings (SSSR count). The Balaban J connectivity index is 1.68. The molecule has 0 aliphatic carbocycles. The molecule has 0 bridgehead atoms. The molecule has 5 heterocycles. The number of pyridine rings is 1. The van der Waals surface area contributed by atoms with Crippen LogP contribution < -0.4 is 0 Å². The van der Waals surface area contributed by atoms with Crippen molar-refractivity contribution < 1.29 is 57.7 Å². The number of likely N-dealkylation sites (N-methyl/N-ethyl adjacent to an activating group) is 1. The second-order valence-corrected chi connectivity index (χ2v) is 19.2. The van der Waals surface area contributed by atoms with E-state index in [1.54, 1.807) is 33.0 Å². The number of nitrogens with zero attached hydrogens (tertiary/aromatic N) is 2. The zero-order chi connectivity index (χ0) is 45.9. The minimum atomic E-state index is -1.32. The van der Waals surface area contributed by atoms with Crippen LogP contribution in [0.15, 0.2) is 36.5 Å². The second-order valence-electron chi connectivity index (χ2n) is 19.2. The third-order valence-corrected chi connectivity index (χ3v) is 14.2. The summed E-state index contributed by atoms with van der Waals surface area (Å²) in [7, 11) is 5.34. The number of aliphatic hydroxyl groups is 2. The molecular weight excluding hydrogens is 797 g/mol. The Morgan fingerprint density at radius 2 is 1.69 bits per heavy atom. The minimum Gasteiger partial charge on any atom is -0.459 e. The first-order chi connectivity index (χ1) is 29.1. The van der Waals surface area contributed by atoms with Crippen LogP contribution in [-0.2, 0) is 47.5 Å². The van der Waals surface area contributed by atoms with Crippen LogP contribution in [0.5, 0.6) is 0 Å². The van der Waals surface area contributed by atoms with E-state index in [-0.39, 0.29) is 44.0 Å². The molecular formula is C48H74N2O12. The van der Waals surface area contributed by atoms with Crippen molar-refractivity contribution in [3.05, 3.63) is 42.2 Å². The Kier molecular flexibility index (Phi) is 16.7.